The lowest BCUT2D eigenvalue weighted by Gasteiger charge is -2.25. The van der Waals surface area contributed by atoms with E-state index >= 15 is 0 Å². The number of carbonyl (C=O) groups excluding carboxylic acids is 1. The number of nitrogens with one attached hydrogen (secondary N) is 1. The van der Waals surface area contributed by atoms with Gasteiger partial charge >= 0.3 is 0 Å². The van der Waals surface area contributed by atoms with E-state index in [9.17, 15) is 4.79 Å². The van der Waals surface area contributed by atoms with Crippen LogP contribution in [0.2, 0.25) is 0 Å². The van der Waals surface area contributed by atoms with E-state index in [0.717, 1.165) is 30.9 Å². The summed E-state index contributed by atoms with van der Waals surface area (Å²) in [6.45, 7) is 4.93. The lowest BCUT2D eigenvalue weighted by Crippen LogP contribution is -3.10. The second-order valence-electron chi connectivity index (χ2n) is 8.90. The molecule has 1 aliphatic carbocycles. The van der Waals surface area contributed by atoms with Crippen molar-refractivity contribution in [3.05, 3.63) is 84.2 Å². The van der Waals surface area contributed by atoms with Crippen molar-refractivity contribution in [2.24, 2.45) is 5.92 Å². The van der Waals surface area contributed by atoms with Crippen LogP contribution in [0.5, 0.6) is 0 Å². The van der Waals surface area contributed by atoms with Crippen molar-refractivity contribution >= 4 is 5.91 Å². The molecule has 5 nitrogen and oxygen atoms in total. The van der Waals surface area contributed by atoms with Gasteiger partial charge < -0.3 is 9.80 Å². The summed E-state index contributed by atoms with van der Waals surface area (Å²) in [5, 5.41) is 4.53. The van der Waals surface area contributed by atoms with E-state index in [1.807, 2.05) is 41.2 Å². The van der Waals surface area contributed by atoms with Gasteiger partial charge in [-0.25, -0.2) is 4.68 Å². The van der Waals surface area contributed by atoms with Crippen LogP contribution in [0.3, 0.4) is 0 Å². The van der Waals surface area contributed by atoms with Crippen molar-refractivity contribution in [3.63, 3.8) is 0 Å². The van der Waals surface area contributed by atoms with E-state index in [1.165, 1.54) is 31.5 Å². The number of aromatic nitrogens is 2. The maximum absolute atomic E-state index is 13.6. The molecule has 5 rings (SSSR count). The standard InChI is InChI=1S/C26H30N4O/c31-26(25-19-24(25)21-9-3-1-4-10-21)29(18-17-28-15-7-8-16-28)20-23-13-14-27-30(23)22-11-5-2-6-12-22/h1-6,9-14,24-25H,7-8,15-20H2/p+1/t24-,25+/m0/s1. The Labute approximate surface area is 184 Å². The quantitative estimate of drug-likeness (QED) is 0.615. The third-order valence-corrected chi connectivity index (χ3v) is 6.77. The van der Waals surface area contributed by atoms with Crippen LogP contribution in [0, 0.1) is 5.92 Å². The predicted molar refractivity (Wildman–Crippen MR) is 121 cm³/mol. The maximum atomic E-state index is 13.6. The molecule has 2 aliphatic rings. The Morgan fingerprint density at radius 1 is 1.00 bits per heavy atom. The topological polar surface area (TPSA) is 42.6 Å². The molecule has 1 N–H and O–H groups in total. The van der Waals surface area contributed by atoms with Gasteiger partial charge in [-0.2, -0.15) is 5.10 Å². The number of quaternary nitrogens is 1. The molecular weight excluding hydrogens is 384 g/mol. The van der Waals surface area contributed by atoms with Crippen molar-refractivity contribution in [3.8, 4) is 5.69 Å². The van der Waals surface area contributed by atoms with Crippen LogP contribution >= 0.6 is 0 Å². The van der Waals surface area contributed by atoms with Gasteiger partial charge in [0.1, 0.15) is 0 Å². The van der Waals surface area contributed by atoms with E-state index < -0.39 is 0 Å². The molecule has 1 saturated carbocycles. The van der Waals surface area contributed by atoms with E-state index in [4.69, 9.17) is 0 Å². The van der Waals surface area contributed by atoms with E-state index in [1.54, 1.807) is 4.90 Å². The first-order valence-electron chi connectivity index (χ1n) is 11.6. The number of carbonyl (C=O) groups is 1. The average molecular weight is 416 g/mol. The summed E-state index contributed by atoms with van der Waals surface area (Å²) in [5.74, 6) is 0.784. The zero-order valence-electron chi connectivity index (χ0n) is 18.0. The summed E-state index contributed by atoms with van der Waals surface area (Å²) >= 11 is 0. The monoisotopic (exact) mass is 415 g/mol. The molecule has 31 heavy (non-hydrogen) atoms. The van der Waals surface area contributed by atoms with E-state index in [-0.39, 0.29) is 5.92 Å². The minimum Gasteiger partial charge on any atom is -0.333 e. The molecule has 1 aromatic heterocycles. The molecule has 0 radical (unpaired) electrons. The molecule has 1 amide bonds. The molecule has 2 aromatic carbocycles. The minimum absolute atomic E-state index is 0.115. The first-order chi connectivity index (χ1) is 15.3. The van der Waals surface area contributed by atoms with Crippen molar-refractivity contribution in [2.45, 2.75) is 31.7 Å². The normalized spacial score (nSPS) is 20.6. The lowest BCUT2D eigenvalue weighted by molar-refractivity contribution is -0.886. The summed E-state index contributed by atoms with van der Waals surface area (Å²) in [5.41, 5.74) is 3.39. The highest BCUT2D eigenvalue weighted by atomic mass is 16.2. The van der Waals surface area contributed by atoms with E-state index in [2.05, 4.69) is 46.4 Å². The molecule has 0 bridgehead atoms. The summed E-state index contributed by atoms with van der Waals surface area (Å²) < 4.78 is 1.96. The molecule has 1 aliphatic heterocycles. The third kappa shape index (κ3) is 4.57. The van der Waals surface area contributed by atoms with Gasteiger partial charge in [0.2, 0.25) is 5.91 Å². The Bertz CT molecular complexity index is 995. The summed E-state index contributed by atoms with van der Waals surface area (Å²) in [4.78, 5) is 17.3. The number of hydrogen-bond donors (Lipinski definition) is 1. The molecular formula is C26H31N4O+. The number of likely N-dealkylation sites (tertiary alicyclic amines) is 1. The van der Waals surface area contributed by atoms with Gasteiger partial charge in [-0.1, -0.05) is 48.5 Å². The van der Waals surface area contributed by atoms with Crippen molar-refractivity contribution in [1.82, 2.24) is 14.7 Å². The van der Waals surface area contributed by atoms with Crippen molar-refractivity contribution < 1.29 is 9.69 Å². The number of benzene rings is 2. The Kier molecular flexibility index (Phi) is 5.85. The number of nitrogens with zero attached hydrogens (tertiary/aromatic N) is 3. The number of para-hydroxylation sites is 1. The number of hydrogen-bond acceptors (Lipinski definition) is 2. The smallest absolute Gasteiger partial charge is 0.226 e. The first-order valence-corrected chi connectivity index (χ1v) is 11.6. The highest BCUT2D eigenvalue weighted by Gasteiger charge is 2.45. The molecule has 0 spiro atoms. The fraction of sp³-hybridized carbons (Fsp3) is 0.385. The first kappa shape index (κ1) is 20.0. The largest absolute Gasteiger partial charge is 0.333 e. The van der Waals surface area contributed by atoms with Crippen LogP contribution in [0.4, 0.5) is 0 Å². The van der Waals surface area contributed by atoms with Gasteiger partial charge in [-0.15, -0.1) is 0 Å². The highest BCUT2D eigenvalue weighted by Crippen LogP contribution is 2.48. The van der Waals surface area contributed by atoms with Crippen LogP contribution in [-0.2, 0) is 11.3 Å². The zero-order valence-corrected chi connectivity index (χ0v) is 18.0. The summed E-state index contributed by atoms with van der Waals surface area (Å²) in [6, 6.07) is 22.7. The van der Waals surface area contributed by atoms with Crippen LogP contribution in [-0.4, -0.2) is 46.8 Å². The van der Waals surface area contributed by atoms with Gasteiger partial charge in [0.05, 0.1) is 44.1 Å². The molecule has 5 heteroatoms. The minimum atomic E-state index is 0.115. The Balaban J connectivity index is 1.33. The average Bonchev–Trinajstić information content (AvgIpc) is 3.19. The molecule has 2 atom stereocenters. The van der Waals surface area contributed by atoms with Gasteiger partial charge in [0, 0.05) is 25.0 Å². The Hall–Kier alpha value is -2.92. The number of rotatable bonds is 8. The molecule has 3 aromatic rings. The van der Waals surface area contributed by atoms with Crippen molar-refractivity contribution in [2.75, 3.05) is 26.2 Å². The van der Waals surface area contributed by atoms with Crippen LogP contribution in [0.15, 0.2) is 72.9 Å². The predicted octanol–water partition coefficient (Wildman–Crippen LogP) is 2.68. The lowest BCUT2D eigenvalue weighted by atomic mass is 10.1. The molecule has 160 valence electrons. The zero-order chi connectivity index (χ0) is 21.0. The maximum Gasteiger partial charge on any atom is 0.226 e. The molecule has 2 fully saturated rings. The van der Waals surface area contributed by atoms with Gasteiger partial charge in [0.25, 0.3) is 0 Å². The van der Waals surface area contributed by atoms with Gasteiger partial charge in [-0.05, 0) is 36.1 Å². The second-order valence-corrected chi connectivity index (χ2v) is 8.90. The third-order valence-electron chi connectivity index (χ3n) is 6.77. The molecule has 0 unspecified atom stereocenters. The van der Waals surface area contributed by atoms with Crippen LogP contribution in [0.1, 0.15) is 36.4 Å². The van der Waals surface area contributed by atoms with Gasteiger partial charge in [0.15, 0.2) is 0 Å². The fourth-order valence-electron chi connectivity index (χ4n) is 4.90. The summed E-state index contributed by atoms with van der Waals surface area (Å²) in [7, 11) is 0. The Morgan fingerprint density at radius 2 is 1.71 bits per heavy atom. The molecule has 2 heterocycles. The molecule has 1 saturated heterocycles. The van der Waals surface area contributed by atoms with E-state index in [0.29, 0.717) is 18.4 Å². The summed E-state index contributed by atoms with van der Waals surface area (Å²) in [6.07, 6.45) is 5.42. The highest BCUT2D eigenvalue weighted by molar-refractivity contribution is 5.83. The van der Waals surface area contributed by atoms with Crippen molar-refractivity contribution in [1.29, 1.82) is 0 Å². The fourth-order valence-corrected chi connectivity index (χ4v) is 4.90. The second kappa shape index (κ2) is 9.06. The van der Waals surface area contributed by atoms with Gasteiger partial charge in [-0.3, -0.25) is 4.79 Å². The van der Waals surface area contributed by atoms with Crippen LogP contribution < -0.4 is 4.90 Å². The number of amides is 1. The SMILES string of the molecule is O=C([C@@H]1C[C@H]1c1ccccc1)N(CC[NH+]1CCCC1)Cc1ccnn1-c1ccccc1. The Morgan fingerprint density at radius 3 is 2.45 bits per heavy atom. The van der Waals surface area contributed by atoms with Crippen LogP contribution in [0.25, 0.3) is 5.69 Å².